The molecule has 0 radical (unpaired) electrons. The number of rotatable bonds is 5. The van der Waals surface area contributed by atoms with Gasteiger partial charge in [-0.3, -0.25) is 4.79 Å². The monoisotopic (exact) mass is 291 g/mol. The third-order valence-corrected chi connectivity index (χ3v) is 4.28. The Morgan fingerprint density at radius 3 is 2.48 bits per heavy atom. The molecule has 5 nitrogen and oxygen atoms in total. The van der Waals surface area contributed by atoms with Crippen molar-refractivity contribution in [2.24, 2.45) is 11.1 Å². The molecule has 0 spiro atoms. The molecule has 1 aromatic carbocycles. The van der Waals surface area contributed by atoms with Crippen LogP contribution in [-0.2, 0) is 9.53 Å². The Morgan fingerprint density at radius 1 is 1.33 bits per heavy atom. The van der Waals surface area contributed by atoms with Gasteiger partial charge in [0.05, 0.1) is 18.6 Å². The first kappa shape index (κ1) is 15.8. The van der Waals surface area contributed by atoms with E-state index in [0.29, 0.717) is 6.54 Å². The van der Waals surface area contributed by atoms with E-state index in [2.05, 4.69) is 10.2 Å². The summed E-state index contributed by atoms with van der Waals surface area (Å²) in [7, 11) is 0. The molecule has 1 fully saturated rings. The average molecular weight is 291 g/mol. The lowest BCUT2D eigenvalue weighted by Gasteiger charge is -2.29. The Bertz CT molecular complexity index is 463. The molecule has 1 unspecified atom stereocenters. The van der Waals surface area contributed by atoms with Crippen LogP contribution in [0.5, 0.6) is 0 Å². The molecule has 1 aliphatic heterocycles. The fourth-order valence-corrected chi connectivity index (χ4v) is 2.26. The van der Waals surface area contributed by atoms with Crippen LogP contribution in [0, 0.1) is 5.41 Å². The summed E-state index contributed by atoms with van der Waals surface area (Å²) in [5, 5.41) is 2.95. The molecule has 1 aromatic rings. The molecule has 2 rings (SSSR count). The standard InChI is InChI=1S/C16H25N3O2/c1-3-16(2,12-17)15(20)18-13-4-6-14(7-5-13)19-8-10-21-11-9-19/h4-7H,3,8-12,17H2,1-2H3,(H,18,20). The van der Waals surface area contributed by atoms with Gasteiger partial charge in [-0.25, -0.2) is 0 Å². The number of nitrogens with zero attached hydrogens (tertiary/aromatic N) is 1. The van der Waals surface area contributed by atoms with Gasteiger partial charge >= 0.3 is 0 Å². The molecular formula is C16H25N3O2. The smallest absolute Gasteiger partial charge is 0.231 e. The highest BCUT2D eigenvalue weighted by atomic mass is 16.5. The maximum atomic E-state index is 12.3. The van der Waals surface area contributed by atoms with Crippen molar-refractivity contribution in [1.29, 1.82) is 0 Å². The lowest BCUT2D eigenvalue weighted by atomic mass is 9.86. The van der Waals surface area contributed by atoms with Crippen LogP contribution in [0.4, 0.5) is 11.4 Å². The first-order valence-corrected chi connectivity index (χ1v) is 7.53. The summed E-state index contributed by atoms with van der Waals surface area (Å²) in [6, 6.07) is 7.95. The van der Waals surface area contributed by atoms with Gasteiger partial charge < -0.3 is 20.7 Å². The highest BCUT2D eigenvalue weighted by molar-refractivity contribution is 5.95. The number of hydrogen-bond donors (Lipinski definition) is 2. The van der Waals surface area contributed by atoms with Gasteiger partial charge in [0.1, 0.15) is 0 Å². The van der Waals surface area contributed by atoms with Crippen molar-refractivity contribution in [3.05, 3.63) is 24.3 Å². The fraction of sp³-hybridized carbons (Fsp3) is 0.562. The number of hydrogen-bond acceptors (Lipinski definition) is 4. The van der Waals surface area contributed by atoms with Crippen LogP contribution < -0.4 is 16.0 Å². The predicted molar refractivity (Wildman–Crippen MR) is 85.6 cm³/mol. The van der Waals surface area contributed by atoms with E-state index in [0.717, 1.165) is 44.1 Å². The van der Waals surface area contributed by atoms with Crippen molar-refractivity contribution >= 4 is 17.3 Å². The maximum Gasteiger partial charge on any atom is 0.231 e. The minimum absolute atomic E-state index is 0.0216. The molecule has 116 valence electrons. The van der Waals surface area contributed by atoms with Gasteiger partial charge in [0.2, 0.25) is 5.91 Å². The van der Waals surface area contributed by atoms with Crippen molar-refractivity contribution in [3.8, 4) is 0 Å². The van der Waals surface area contributed by atoms with E-state index in [1.165, 1.54) is 0 Å². The normalized spacial score (nSPS) is 18.1. The number of nitrogens with two attached hydrogens (primary N) is 1. The SMILES string of the molecule is CCC(C)(CN)C(=O)Nc1ccc(N2CCOCC2)cc1. The number of carbonyl (C=O) groups excluding carboxylic acids is 1. The molecular weight excluding hydrogens is 266 g/mol. The number of anilines is 2. The Hall–Kier alpha value is -1.59. The summed E-state index contributed by atoms with van der Waals surface area (Å²) in [6.07, 6.45) is 0.723. The van der Waals surface area contributed by atoms with Crippen LogP contribution in [0.25, 0.3) is 0 Å². The van der Waals surface area contributed by atoms with Gasteiger partial charge in [-0.2, -0.15) is 0 Å². The first-order valence-electron chi connectivity index (χ1n) is 7.53. The summed E-state index contributed by atoms with van der Waals surface area (Å²) >= 11 is 0. The van der Waals surface area contributed by atoms with Crippen LogP contribution >= 0.6 is 0 Å². The number of ether oxygens (including phenoxy) is 1. The average Bonchev–Trinajstić information content (AvgIpc) is 2.55. The molecule has 1 heterocycles. The summed E-state index contributed by atoms with van der Waals surface area (Å²) < 4.78 is 5.35. The lowest BCUT2D eigenvalue weighted by Crippen LogP contribution is -2.39. The minimum atomic E-state index is -0.511. The van der Waals surface area contributed by atoms with E-state index in [1.54, 1.807) is 0 Å². The number of nitrogens with one attached hydrogen (secondary N) is 1. The second-order valence-corrected chi connectivity index (χ2v) is 5.72. The zero-order valence-corrected chi connectivity index (χ0v) is 12.9. The molecule has 0 saturated carbocycles. The predicted octanol–water partition coefficient (Wildman–Crippen LogP) is 1.84. The molecule has 5 heteroatoms. The second-order valence-electron chi connectivity index (χ2n) is 5.72. The van der Waals surface area contributed by atoms with Crippen LogP contribution in [0.15, 0.2) is 24.3 Å². The Balaban J connectivity index is 2.00. The second kappa shape index (κ2) is 6.91. The molecule has 0 aromatic heterocycles. The molecule has 0 aliphatic carbocycles. The fourth-order valence-electron chi connectivity index (χ4n) is 2.26. The molecule has 3 N–H and O–H groups in total. The van der Waals surface area contributed by atoms with Gasteiger partial charge in [0, 0.05) is 31.0 Å². The van der Waals surface area contributed by atoms with Gasteiger partial charge in [-0.15, -0.1) is 0 Å². The zero-order valence-electron chi connectivity index (χ0n) is 12.9. The summed E-state index contributed by atoms with van der Waals surface area (Å²) in [5.41, 5.74) is 7.17. The van der Waals surface area contributed by atoms with Gasteiger partial charge in [0.25, 0.3) is 0 Å². The Labute approximate surface area is 126 Å². The number of benzene rings is 1. The third-order valence-electron chi connectivity index (χ3n) is 4.28. The van der Waals surface area contributed by atoms with Crippen LogP contribution in [0.3, 0.4) is 0 Å². The minimum Gasteiger partial charge on any atom is -0.378 e. The quantitative estimate of drug-likeness (QED) is 0.868. The van der Waals surface area contributed by atoms with E-state index in [4.69, 9.17) is 10.5 Å². The van der Waals surface area contributed by atoms with E-state index in [9.17, 15) is 4.79 Å². The van der Waals surface area contributed by atoms with Crippen molar-refractivity contribution in [2.75, 3.05) is 43.1 Å². The van der Waals surface area contributed by atoms with Crippen molar-refractivity contribution in [2.45, 2.75) is 20.3 Å². The lowest BCUT2D eigenvalue weighted by molar-refractivity contribution is -0.124. The highest BCUT2D eigenvalue weighted by Crippen LogP contribution is 2.23. The van der Waals surface area contributed by atoms with Crippen LogP contribution in [0.1, 0.15) is 20.3 Å². The largest absolute Gasteiger partial charge is 0.378 e. The Kier molecular flexibility index (Phi) is 5.20. The van der Waals surface area contributed by atoms with Crippen molar-refractivity contribution in [1.82, 2.24) is 0 Å². The van der Waals surface area contributed by atoms with Gasteiger partial charge in [0.15, 0.2) is 0 Å². The zero-order chi connectivity index (χ0) is 15.3. The third kappa shape index (κ3) is 3.74. The maximum absolute atomic E-state index is 12.3. The molecule has 0 bridgehead atoms. The molecule has 1 atom stereocenters. The van der Waals surface area contributed by atoms with E-state index < -0.39 is 5.41 Å². The molecule has 21 heavy (non-hydrogen) atoms. The summed E-state index contributed by atoms with van der Waals surface area (Å²) in [4.78, 5) is 14.5. The van der Waals surface area contributed by atoms with Crippen LogP contribution in [0.2, 0.25) is 0 Å². The Morgan fingerprint density at radius 2 is 1.95 bits per heavy atom. The summed E-state index contributed by atoms with van der Waals surface area (Å²) in [6.45, 7) is 7.58. The van der Waals surface area contributed by atoms with Crippen molar-refractivity contribution in [3.63, 3.8) is 0 Å². The molecule has 1 aliphatic rings. The van der Waals surface area contributed by atoms with Crippen molar-refractivity contribution < 1.29 is 9.53 Å². The number of amides is 1. The topological polar surface area (TPSA) is 67.6 Å². The first-order chi connectivity index (χ1) is 10.1. The van der Waals surface area contributed by atoms with Gasteiger partial charge in [-0.1, -0.05) is 6.92 Å². The summed E-state index contributed by atoms with van der Waals surface area (Å²) in [5.74, 6) is -0.0216. The number of morpholine rings is 1. The molecule has 1 saturated heterocycles. The highest BCUT2D eigenvalue weighted by Gasteiger charge is 2.29. The molecule has 1 amide bonds. The van der Waals surface area contributed by atoms with E-state index in [1.807, 2.05) is 38.1 Å². The van der Waals surface area contributed by atoms with Crippen LogP contribution in [-0.4, -0.2) is 38.8 Å². The number of carbonyl (C=O) groups is 1. The van der Waals surface area contributed by atoms with E-state index in [-0.39, 0.29) is 5.91 Å². The van der Waals surface area contributed by atoms with E-state index >= 15 is 0 Å². The van der Waals surface area contributed by atoms with Gasteiger partial charge in [-0.05, 0) is 37.6 Å².